The number of aromatic nitrogens is 1. The lowest BCUT2D eigenvalue weighted by atomic mass is 9.96. The first-order chi connectivity index (χ1) is 6.87. The Labute approximate surface area is 92.3 Å². The van der Waals surface area contributed by atoms with Crippen molar-refractivity contribution in [3.8, 4) is 0 Å². The summed E-state index contributed by atoms with van der Waals surface area (Å²) in [6.07, 6.45) is 1.76. The molecule has 0 aliphatic carbocycles. The van der Waals surface area contributed by atoms with E-state index in [4.69, 9.17) is 5.73 Å². The van der Waals surface area contributed by atoms with E-state index in [0.717, 1.165) is 13.1 Å². The third-order valence-electron chi connectivity index (χ3n) is 2.04. The fourth-order valence-electron chi connectivity index (χ4n) is 1.77. The molecule has 1 heterocycles. The lowest BCUT2D eigenvalue weighted by Crippen LogP contribution is -2.28. The van der Waals surface area contributed by atoms with Gasteiger partial charge in [-0.05, 0) is 30.2 Å². The highest BCUT2D eigenvalue weighted by Gasteiger charge is 2.13. The van der Waals surface area contributed by atoms with Crippen LogP contribution in [-0.2, 0) is 6.54 Å². The second kappa shape index (κ2) is 4.62. The van der Waals surface area contributed by atoms with Gasteiger partial charge in [0.15, 0.2) is 0 Å². The first kappa shape index (κ1) is 12.0. The highest BCUT2D eigenvalue weighted by atomic mass is 15.1. The Bertz CT molecular complexity index is 315. The summed E-state index contributed by atoms with van der Waals surface area (Å²) in [5, 5.41) is 0. The summed E-state index contributed by atoms with van der Waals surface area (Å²) in [4.78, 5) is 6.28. The lowest BCUT2D eigenvalue weighted by Gasteiger charge is -2.26. The van der Waals surface area contributed by atoms with Crippen LogP contribution in [0.5, 0.6) is 0 Å². The van der Waals surface area contributed by atoms with Crippen molar-refractivity contribution < 1.29 is 0 Å². The number of nitrogens with zero attached hydrogens (tertiary/aromatic N) is 2. The molecule has 0 saturated carbocycles. The fraction of sp³-hybridized carbons (Fsp3) is 0.583. The third kappa shape index (κ3) is 4.79. The van der Waals surface area contributed by atoms with Crippen LogP contribution in [0.4, 0.5) is 5.82 Å². The average Bonchev–Trinajstić information content (AvgIpc) is 1.99. The first-order valence-corrected chi connectivity index (χ1v) is 5.26. The van der Waals surface area contributed by atoms with Crippen molar-refractivity contribution in [2.24, 2.45) is 5.41 Å². The van der Waals surface area contributed by atoms with Crippen LogP contribution in [0, 0.1) is 5.41 Å². The molecule has 0 atom stereocenters. The molecule has 1 rings (SSSR count). The molecular formula is C12H21N3. The Balaban J connectivity index is 2.55. The van der Waals surface area contributed by atoms with E-state index in [2.05, 4.69) is 37.7 Å². The molecule has 0 bridgehead atoms. The Morgan fingerprint density at radius 1 is 1.40 bits per heavy atom. The second-order valence-electron chi connectivity index (χ2n) is 5.32. The van der Waals surface area contributed by atoms with E-state index in [1.165, 1.54) is 5.56 Å². The summed E-state index contributed by atoms with van der Waals surface area (Å²) in [6.45, 7) is 8.71. The van der Waals surface area contributed by atoms with Crippen LogP contribution < -0.4 is 5.73 Å². The van der Waals surface area contributed by atoms with Gasteiger partial charge in [-0.25, -0.2) is 4.98 Å². The van der Waals surface area contributed by atoms with Gasteiger partial charge in [0.05, 0.1) is 0 Å². The second-order valence-corrected chi connectivity index (χ2v) is 5.32. The van der Waals surface area contributed by atoms with Crippen LogP contribution in [0.25, 0.3) is 0 Å². The molecule has 2 N–H and O–H groups in total. The van der Waals surface area contributed by atoms with E-state index in [1.807, 2.05) is 12.1 Å². The maximum Gasteiger partial charge on any atom is 0.123 e. The normalized spacial score (nSPS) is 12.1. The Morgan fingerprint density at radius 2 is 2.07 bits per heavy atom. The predicted octanol–water partition coefficient (Wildman–Crippen LogP) is 2.14. The monoisotopic (exact) mass is 207 g/mol. The summed E-state index contributed by atoms with van der Waals surface area (Å²) in [5.74, 6) is 0.594. The Kier molecular flexibility index (Phi) is 3.69. The van der Waals surface area contributed by atoms with Crippen LogP contribution in [0.2, 0.25) is 0 Å². The molecule has 0 aliphatic heterocycles. The minimum absolute atomic E-state index is 0.327. The quantitative estimate of drug-likeness (QED) is 0.825. The molecule has 0 amide bonds. The lowest BCUT2D eigenvalue weighted by molar-refractivity contribution is 0.221. The minimum atomic E-state index is 0.327. The molecular weight excluding hydrogens is 186 g/mol. The zero-order chi connectivity index (χ0) is 11.5. The van der Waals surface area contributed by atoms with Crippen LogP contribution in [0.15, 0.2) is 18.3 Å². The minimum Gasteiger partial charge on any atom is -0.384 e. The molecule has 0 unspecified atom stereocenters. The maximum atomic E-state index is 5.63. The van der Waals surface area contributed by atoms with Crippen molar-refractivity contribution >= 4 is 5.82 Å². The van der Waals surface area contributed by atoms with Crippen molar-refractivity contribution in [1.82, 2.24) is 9.88 Å². The number of anilines is 1. The van der Waals surface area contributed by atoms with Crippen molar-refractivity contribution in [3.63, 3.8) is 0 Å². The van der Waals surface area contributed by atoms with Crippen LogP contribution in [0.1, 0.15) is 26.3 Å². The summed E-state index contributed by atoms with van der Waals surface area (Å²) < 4.78 is 0. The van der Waals surface area contributed by atoms with Gasteiger partial charge in [0.25, 0.3) is 0 Å². The van der Waals surface area contributed by atoms with E-state index in [9.17, 15) is 0 Å². The van der Waals surface area contributed by atoms with E-state index in [0.29, 0.717) is 11.2 Å². The molecule has 1 aromatic rings. The van der Waals surface area contributed by atoms with Gasteiger partial charge in [-0.15, -0.1) is 0 Å². The summed E-state index contributed by atoms with van der Waals surface area (Å²) in [5.41, 5.74) is 7.18. The number of nitrogen functional groups attached to an aromatic ring is 1. The number of rotatable bonds is 3. The van der Waals surface area contributed by atoms with Gasteiger partial charge in [-0.1, -0.05) is 20.8 Å². The SMILES string of the molecule is CN(Cc1ccnc(N)c1)CC(C)(C)C. The molecule has 0 radical (unpaired) electrons. The maximum absolute atomic E-state index is 5.63. The molecule has 0 spiro atoms. The van der Waals surface area contributed by atoms with E-state index >= 15 is 0 Å². The third-order valence-corrected chi connectivity index (χ3v) is 2.04. The fourth-order valence-corrected chi connectivity index (χ4v) is 1.77. The summed E-state index contributed by atoms with van der Waals surface area (Å²) in [7, 11) is 2.13. The van der Waals surface area contributed by atoms with E-state index in [1.54, 1.807) is 6.20 Å². The van der Waals surface area contributed by atoms with E-state index < -0.39 is 0 Å². The van der Waals surface area contributed by atoms with Crippen LogP contribution in [-0.4, -0.2) is 23.5 Å². The zero-order valence-electron chi connectivity index (χ0n) is 10.1. The van der Waals surface area contributed by atoms with Gasteiger partial charge in [-0.3, -0.25) is 0 Å². The molecule has 0 saturated heterocycles. The highest BCUT2D eigenvalue weighted by molar-refractivity contribution is 5.31. The topological polar surface area (TPSA) is 42.2 Å². The molecule has 3 heteroatoms. The zero-order valence-corrected chi connectivity index (χ0v) is 10.1. The van der Waals surface area contributed by atoms with Gasteiger partial charge >= 0.3 is 0 Å². The van der Waals surface area contributed by atoms with Crippen molar-refractivity contribution in [2.45, 2.75) is 27.3 Å². The van der Waals surface area contributed by atoms with Gasteiger partial charge in [0.1, 0.15) is 5.82 Å². The van der Waals surface area contributed by atoms with Gasteiger partial charge < -0.3 is 10.6 Å². The summed E-state index contributed by atoms with van der Waals surface area (Å²) in [6, 6.07) is 3.94. The van der Waals surface area contributed by atoms with Crippen molar-refractivity contribution in [2.75, 3.05) is 19.3 Å². The number of hydrogen-bond donors (Lipinski definition) is 1. The van der Waals surface area contributed by atoms with Gasteiger partial charge in [-0.2, -0.15) is 0 Å². The first-order valence-electron chi connectivity index (χ1n) is 5.26. The predicted molar refractivity (Wildman–Crippen MR) is 64.4 cm³/mol. The van der Waals surface area contributed by atoms with Crippen molar-refractivity contribution in [1.29, 1.82) is 0 Å². The molecule has 0 fully saturated rings. The largest absolute Gasteiger partial charge is 0.384 e. The molecule has 84 valence electrons. The highest BCUT2D eigenvalue weighted by Crippen LogP contribution is 2.16. The van der Waals surface area contributed by atoms with Crippen LogP contribution in [0.3, 0.4) is 0 Å². The Morgan fingerprint density at radius 3 is 2.60 bits per heavy atom. The molecule has 1 aromatic heterocycles. The number of hydrogen-bond acceptors (Lipinski definition) is 3. The summed E-state index contributed by atoms with van der Waals surface area (Å²) >= 11 is 0. The van der Waals surface area contributed by atoms with E-state index in [-0.39, 0.29) is 0 Å². The van der Waals surface area contributed by atoms with Gasteiger partial charge in [0.2, 0.25) is 0 Å². The van der Waals surface area contributed by atoms with Crippen LogP contribution >= 0.6 is 0 Å². The molecule has 0 aromatic carbocycles. The Hall–Kier alpha value is -1.09. The standard InChI is InChI=1S/C12H21N3/c1-12(2,3)9-15(4)8-10-5-6-14-11(13)7-10/h5-7H,8-9H2,1-4H3,(H2,13,14). The van der Waals surface area contributed by atoms with Gasteiger partial charge in [0, 0.05) is 19.3 Å². The number of nitrogens with two attached hydrogens (primary N) is 1. The molecule has 3 nitrogen and oxygen atoms in total. The molecule has 15 heavy (non-hydrogen) atoms. The van der Waals surface area contributed by atoms with Crippen molar-refractivity contribution in [3.05, 3.63) is 23.9 Å². The average molecular weight is 207 g/mol. The molecule has 0 aliphatic rings. The smallest absolute Gasteiger partial charge is 0.123 e. The number of pyridine rings is 1.